The van der Waals surface area contributed by atoms with Crippen LogP contribution in [-0.2, 0) is 14.1 Å². The Balaban J connectivity index is 2.45. The van der Waals surface area contributed by atoms with Crippen molar-refractivity contribution in [3.05, 3.63) is 62.9 Å². The summed E-state index contributed by atoms with van der Waals surface area (Å²) in [5.41, 5.74) is 0.376. The Labute approximate surface area is 104 Å². The van der Waals surface area contributed by atoms with E-state index in [1.807, 2.05) is 30.3 Å². The molecule has 0 aliphatic rings. The van der Waals surface area contributed by atoms with Crippen LogP contribution in [0.2, 0.25) is 0 Å². The smallest absolute Gasteiger partial charge is 0.301 e. The molecule has 1 aromatic carbocycles. The normalized spacial score (nSPS) is 11.0. The fourth-order valence-corrected chi connectivity index (χ4v) is 1.56. The SMILES string of the molecule is Cn1cc(N=Cc2ccccc2)c(=O)n(C)c1=O. The molecule has 2 rings (SSSR count). The summed E-state index contributed by atoms with van der Waals surface area (Å²) in [6.07, 6.45) is 3.03. The van der Waals surface area contributed by atoms with E-state index in [2.05, 4.69) is 4.99 Å². The van der Waals surface area contributed by atoms with E-state index < -0.39 is 5.56 Å². The molecule has 2 aromatic rings. The minimum absolute atomic E-state index is 0.239. The molecule has 0 saturated heterocycles. The van der Waals surface area contributed by atoms with Gasteiger partial charge in [-0.05, 0) is 5.56 Å². The molecule has 0 aliphatic carbocycles. The maximum atomic E-state index is 11.8. The van der Waals surface area contributed by atoms with Gasteiger partial charge in [0, 0.05) is 26.5 Å². The number of aryl methyl sites for hydroxylation is 1. The molecule has 0 amide bonds. The Morgan fingerprint density at radius 3 is 2.44 bits per heavy atom. The number of aromatic nitrogens is 2. The van der Waals surface area contributed by atoms with Crippen molar-refractivity contribution in [1.29, 1.82) is 0 Å². The standard InChI is InChI=1S/C13H13N3O2/c1-15-9-11(12(17)16(2)13(15)18)14-8-10-6-4-3-5-7-10/h3-9H,1-2H3. The van der Waals surface area contributed by atoms with Crippen molar-refractivity contribution < 1.29 is 0 Å². The first-order valence-corrected chi connectivity index (χ1v) is 5.45. The lowest BCUT2D eigenvalue weighted by Crippen LogP contribution is -2.36. The highest BCUT2D eigenvalue weighted by molar-refractivity contribution is 5.81. The van der Waals surface area contributed by atoms with Gasteiger partial charge < -0.3 is 4.57 Å². The van der Waals surface area contributed by atoms with Gasteiger partial charge in [-0.25, -0.2) is 9.79 Å². The summed E-state index contributed by atoms with van der Waals surface area (Å²) in [6, 6.07) is 9.45. The predicted octanol–water partition coefficient (Wildman–Crippen LogP) is 0.835. The summed E-state index contributed by atoms with van der Waals surface area (Å²) in [7, 11) is 3.02. The lowest BCUT2D eigenvalue weighted by atomic mass is 10.2. The van der Waals surface area contributed by atoms with Gasteiger partial charge in [0.1, 0.15) is 5.69 Å². The number of rotatable bonds is 2. The van der Waals surface area contributed by atoms with Gasteiger partial charge in [0.25, 0.3) is 5.56 Å². The number of benzene rings is 1. The molecule has 0 atom stereocenters. The van der Waals surface area contributed by atoms with Crippen LogP contribution in [0.5, 0.6) is 0 Å². The molecule has 0 bridgehead atoms. The van der Waals surface area contributed by atoms with Crippen molar-refractivity contribution >= 4 is 11.9 Å². The van der Waals surface area contributed by atoms with E-state index in [1.54, 1.807) is 13.3 Å². The van der Waals surface area contributed by atoms with Crippen LogP contribution < -0.4 is 11.2 Å². The number of hydrogen-bond donors (Lipinski definition) is 0. The van der Waals surface area contributed by atoms with Gasteiger partial charge >= 0.3 is 5.69 Å². The van der Waals surface area contributed by atoms with Gasteiger partial charge in [-0.1, -0.05) is 30.3 Å². The van der Waals surface area contributed by atoms with Gasteiger partial charge in [0.2, 0.25) is 0 Å². The highest BCUT2D eigenvalue weighted by atomic mass is 16.2. The summed E-state index contributed by atoms with van der Waals surface area (Å²) >= 11 is 0. The minimum Gasteiger partial charge on any atom is -0.301 e. The zero-order valence-corrected chi connectivity index (χ0v) is 10.2. The molecular formula is C13H13N3O2. The number of hydrogen-bond acceptors (Lipinski definition) is 3. The summed E-state index contributed by atoms with van der Waals surface area (Å²) in [5.74, 6) is 0. The zero-order chi connectivity index (χ0) is 13.1. The van der Waals surface area contributed by atoms with E-state index in [0.717, 1.165) is 10.1 Å². The second kappa shape index (κ2) is 4.83. The first kappa shape index (κ1) is 12.0. The highest BCUT2D eigenvalue weighted by Gasteiger charge is 2.04. The monoisotopic (exact) mass is 243 g/mol. The van der Waals surface area contributed by atoms with Crippen LogP contribution in [0.15, 0.2) is 51.1 Å². The van der Waals surface area contributed by atoms with Crippen molar-refractivity contribution in [2.75, 3.05) is 0 Å². The van der Waals surface area contributed by atoms with E-state index in [9.17, 15) is 9.59 Å². The topological polar surface area (TPSA) is 56.4 Å². The Morgan fingerprint density at radius 2 is 1.78 bits per heavy atom. The van der Waals surface area contributed by atoms with Crippen LogP contribution in [0, 0.1) is 0 Å². The van der Waals surface area contributed by atoms with Crippen molar-refractivity contribution in [2.24, 2.45) is 19.1 Å². The minimum atomic E-state index is -0.398. The molecule has 0 spiro atoms. The summed E-state index contributed by atoms with van der Waals surface area (Å²) in [5, 5.41) is 0. The molecule has 0 unspecified atom stereocenters. The lowest BCUT2D eigenvalue weighted by molar-refractivity contribution is 0.687. The molecule has 1 aromatic heterocycles. The van der Waals surface area contributed by atoms with Gasteiger partial charge in [0.15, 0.2) is 0 Å². The van der Waals surface area contributed by atoms with Gasteiger partial charge in [-0.15, -0.1) is 0 Å². The molecular weight excluding hydrogens is 230 g/mol. The quantitative estimate of drug-likeness (QED) is 0.734. The van der Waals surface area contributed by atoms with Crippen LogP contribution in [0.25, 0.3) is 0 Å². The Bertz CT molecular complexity index is 696. The molecule has 0 fully saturated rings. The van der Waals surface area contributed by atoms with E-state index in [0.29, 0.717) is 0 Å². The zero-order valence-electron chi connectivity index (χ0n) is 10.2. The molecule has 0 aliphatic heterocycles. The largest absolute Gasteiger partial charge is 0.330 e. The van der Waals surface area contributed by atoms with Gasteiger partial charge in [-0.2, -0.15) is 0 Å². The summed E-state index contributed by atoms with van der Waals surface area (Å²) < 4.78 is 2.37. The fraction of sp³-hybridized carbons (Fsp3) is 0.154. The molecule has 0 N–H and O–H groups in total. The number of nitrogens with zero attached hydrogens (tertiary/aromatic N) is 3. The van der Waals surface area contributed by atoms with E-state index in [1.165, 1.54) is 17.8 Å². The second-order valence-electron chi connectivity index (χ2n) is 3.94. The summed E-state index contributed by atoms with van der Waals surface area (Å²) in [4.78, 5) is 27.4. The fourth-order valence-electron chi connectivity index (χ4n) is 1.56. The first-order valence-electron chi connectivity index (χ1n) is 5.45. The number of aliphatic imine (C=N–C) groups is 1. The Kier molecular flexibility index (Phi) is 3.23. The lowest BCUT2D eigenvalue weighted by Gasteiger charge is -2.02. The van der Waals surface area contributed by atoms with Crippen LogP contribution >= 0.6 is 0 Å². The third-order valence-corrected chi connectivity index (χ3v) is 2.58. The predicted molar refractivity (Wildman–Crippen MR) is 70.6 cm³/mol. The van der Waals surface area contributed by atoms with Crippen LogP contribution in [0.1, 0.15) is 5.56 Å². The van der Waals surface area contributed by atoms with Gasteiger partial charge in [-0.3, -0.25) is 9.36 Å². The molecule has 0 radical (unpaired) electrons. The van der Waals surface area contributed by atoms with E-state index in [4.69, 9.17) is 0 Å². The Hall–Kier alpha value is -2.43. The molecule has 5 nitrogen and oxygen atoms in total. The van der Waals surface area contributed by atoms with E-state index >= 15 is 0 Å². The van der Waals surface area contributed by atoms with E-state index in [-0.39, 0.29) is 11.4 Å². The van der Waals surface area contributed by atoms with Gasteiger partial charge in [0.05, 0.1) is 0 Å². The Morgan fingerprint density at radius 1 is 1.11 bits per heavy atom. The van der Waals surface area contributed by atoms with Crippen molar-refractivity contribution in [2.45, 2.75) is 0 Å². The summed E-state index contributed by atoms with van der Waals surface area (Å²) in [6.45, 7) is 0. The first-order chi connectivity index (χ1) is 8.59. The maximum absolute atomic E-state index is 11.8. The second-order valence-corrected chi connectivity index (χ2v) is 3.94. The van der Waals surface area contributed by atoms with Crippen LogP contribution in [-0.4, -0.2) is 15.3 Å². The third kappa shape index (κ3) is 2.29. The molecule has 92 valence electrons. The van der Waals surface area contributed by atoms with Crippen molar-refractivity contribution in [3.63, 3.8) is 0 Å². The van der Waals surface area contributed by atoms with Crippen LogP contribution in [0.4, 0.5) is 5.69 Å². The maximum Gasteiger partial charge on any atom is 0.330 e. The highest BCUT2D eigenvalue weighted by Crippen LogP contribution is 2.02. The van der Waals surface area contributed by atoms with Crippen molar-refractivity contribution in [1.82, 2.24) is 9.13 Å². The molecule has 5 heteroatoms. The van der Waals surface area contributed by atoms with Crippen molar-refractivity contribution in [3.8, 4) is 0 Å². The average Bonchev–Trinajstić information content (AvgIpc) is 2.40. The molecule has 1 heterocycles. The molecule has 0 saturated carbocycles. The van der Waals surface area contributed by atoms with Crippen LogP contribution in [0.3, 0.4) is 0 Å². The molecule has 18 heavy (non-hydrogen) atoms. The third-order valence-electron chi connectivity index (χ3n) is 2.58. The average molecular weight is 243 g/mol.